The number of quaternary nitrogens is 1. The molecule has 1 atom stereocenters. The number of hydrogen-bond acceptors (Lipinski definition) is 7. The van der Waals surface area contributed by atoms with Gasteiger partial charge in [0.1, 0.15) is 29.2 Å². The van der Waals surface area contributed by atoms with Crippen molar-refractivity contribution in [3.8, 4) is 22.5 Å². The van der Waals surface area contributed by atoms with E-state index in [1.807, 2.05) is 67.6 Å². The van der Waals surface area contributed by atoms with E-state index in [-0.39, 0.29) is 17.1 Å². The van der Waals surface area contributed by atoms with Gasteiger partial charge >= 0.3 is 0 Å². The zero-order valence-corrected chi connectivity index (χ0v) is 22.1. The van der Waals surface area contributed by atoms with Crippen LogP contribution in [0.25, 0.3) is 22.5 Å². The van der Waals surface area contributed by atoms with Crippen LogP contribution in [-0.2, 0) is 4.79 Å². The molecule has 4 aromatic carbocycles. The number of carbonyl (C=O) groups excluding carboxylic acids is 2. The Labute approximate surface area is 235 Å². The summed E-state index contributed by atoms with van der Waals surface area (Å²) in [5.41, 5.74) is 3.98. The molecule has 41 heavy (non-hydrogen) atoms. The Morgan fingerprint density at radius 3 is 2.12 bits per heavy atom. The Morgan fingerprint density at radius 2 is 1.46 bits per heavy atom. The van der Waals surface area contributed by atoms with Crippen LogP contribution in [0.1, 0.15) is 16.8 Å². The summed E-state index contributed by atoms with van der Waals surface area (Å²) in [6.45, 7) is 1.94. The van der Waals surface area contributed by atoms with Gasteiger partial charge in [0.2, 0.25) is 5.91 Å². The van der Waals surface area contributed by atoms with E-state index in [1.54, 1.807) is 42.5 Å². The van der Waals surface area contributed by atoms with Gasteiger partial charge in [-0.25, -0.2) is 5.21 Å². The largest absolute Gasteiger partial charge is 0.595 e. The van der Waals surface area contributed by atoms with Crippen molar-refractivity contribution in [1.29, 1.82) is 0 Å². The maximum atomic E-state index is 13.6. The molecule has 0 radical (unpaired) electrons. The highest BCUT2D eigenvalue weighted by Gasteiger charge is 2.26. The predicted octanol–water partition coefficient (Wildman–Crippen LogP) is 6.01. The SMILES string of the molecule is Cc1ccc(NC(=O)CC(=O)n2nc(-c3ccccc3)c(N=Nc3ccccc3[NH+]([O-])O)c2-c2ccccc2)cc1. The lowest BCUT2D eigenvalue weighted by atomic mass is 10.1. The fourth-order valence-electron chi connectivity index (χ4n) is 4.23. The Balaban J connectivity index is 1.61. The van der Waals surface area contributed by atoms with E-state index in [4.69, 9.17) is 0 Å². The number of amides is 1. The molecule has 5 aromatic rings. The van der Waals surface area contributed by atoms with Gasteiger partial charge in [-0.1, -0.05) is 90.5 Å². The summed E-state index contributed by atoms with van der Waals surface area (Å²) in [6.07, 6.45) is -0.470. The fraction of sp³-hybridized carbons (Fsp3) is 0.0645. The lowest BCUT2D eigenvalue weighted by Crippen LogP contribution is -2.99. The minimum absolute atomic E-state index is 0.0185. The van der Waals surface area contributed by atoms with Crippen LogP contribution in [0.4, 0.5) is 22.7 Å². The number of hydrogen-bond donors (Lipinski definition) is 3. The maximum Gasteiger partial charge on any atom is 0.256 e. The number of rotatable bonds is 8. The number of aromatic nitrogens is 2. The number of anilines is 1. The molecule has 1 heterocycles. The summed E-state index contributed by atoms with van der Waals surface area (Å²) in [7, 11) is 0. The van der Waals surface area contributed by atoms with Crippen LogP contribution in [0.3, 0.4) is 0 Å². The van der Waals surface area contributed by atoms with Gasteiger partial charge < -0.3 is 10.5 Å². The smallest absolute Gasteiger partial charge is 0.256 e. The van der Waals surface area contributed by atoms with E-state index in [0.29, 0.717) is 28.2 Å². The minimum Gasteiger partial charge on any atom is -0.595 e. The van der Waals surface area contributed by atoms with Crippen molar-refractivity contribution in [2.24, 2.45) is 10.2 Å². The second-order valence-corrected chi connectivity index (χ2v) is 9.20. The second kappa shape index (κ2) is 12.3. The molecule has 10 heteroatoms. The predicted molar refractivity (Wildman–Crippen MR) is 155 cm³/mol. The summed E-state index contributed by atoms with van der Waals surface area (Å²) in [5.74, 6) is -1.06. The van der Waals surface area contributed by atoms with Crippen LogP contribution in [0.5, 0.6) is 0 Å². The van der Waals surface area contributed by atoms with Crippen molar-refractivity contribution in [2.75, 3.05) is 5.32 Å². The van der Waals surface area contributed by atoms with E-state index in [9.17, 15) is 20.0 Å². The topological polar surface area (TPSA) is 136 Å². The summed E-state index contributed by atoms with van der Waals surface area (Å²) in [5, 5.41) is 36.3. The standard InChI is InChI=1S/C31H26N6O4/c1-21-16-18-24(19-17-21)32-27(38)20-28(39)36-31(23-12-6-3-7-13-23)30(29(35-36)22-10-4-2-5-11-22)34-33-25-14-8-9-15-26(25)37(40)41/h2-19,37,40H,20H2,1H3,(H,32,38). The zero-order valence-electron chi connectivity index (χ0n) is 22.1. The van der Waals surface area contributed by atoms with Gasteiger partial charge in [-0.05, 0) is 25.1 Å². The van der Waals surface area contributed by atoms with Crippen molar-refractivity contribution >= 4 is 34.6 Å². The molecule has 0 aliphatic heterocycles. The highest BCUT2D eigenvalue weighted by atomic mass is 16.8. The van der Waals surface area contributed by atoms with Crippen LogP contribution in [-0.4, -0.2) is 26.8 Å². The first-order chi connectivity index (χ1) is 19.9. The Kier molecular flexibility index (Phi) is 8.16. The van der Waals surface area contributed by atoms with Crippen molar-refractivity contribution in [3.63, 3.8) is 0 Å². The van der Waals surface area contributed by atoms with Crippen molar-refractivity contribution in [2.45, 2.75) is 13.3 Å². The number of aryl methyl sites for hydroxylation is 1. The van der Waals surface area contributed by atoms with Gasteiger partial charge in [0.25, 0.3) is 5.91 Å². The third kappa shape index (κ3) is 6.31. The Bertz CT molecular complexity index is 1700. The lowest BCUT2D eigenvalue weighted by Gasteiger charge is -2.12. The van der Waals surface area contributed by atoms with Gasteiger partial charge in [-0.2, -0.15) is 15.0 Å². The van der Waals surface area contributed by atoms with E-state index >= 15 is 0 Å². The average molecular weight is 547 g/mol. The first-order valence-electron chi connectivity index (χ1n) is 12.8. The molecule has 0 fully saturated rings. The molecule has 0 aliphatic carbocycles. The van der Waals surface area contributed by atoms with Gasteiger partial charge in [-0.15, -0.1) is 10.2 Å². The summed E-state index contributed by atoms with van der Waals surface area (Å²) < 4.78 is 1.17. The molecule has 0 aliphatic rings. The fourth-order valence-corrected chi connectivity index (χ4v) is 4.23. The summed E-state index contributed by atoms with van der Waals surface area (Å²) in [6, 6.07) is 31.7. The van der Waals surface area contributed by atoms with Gasteiger partial charge in [0.15, 0.2) is 5.69 Å². The molecule has 1 aromatic heterocycles. The van der Waals surface area contributed by atoms with E-state index in [2.05, 4.69) is 20.6 Å². The minimum atomic E-state index is -1.14. The zero-order chi connectivity index (χ0) is 28.8. The van der Waals surface area contributed by atoms with E-state index in [1.165, 1.54) is 10.7 Å². The molecule has 5 rings (SSSR count). The molecular formula is C31H26N6O4. The molecule has 10 nitrogen and oxygen atoms in total. The molecule has 0 saturated carbocycles. The first kappa shape index (κ1) is 27.3. The molecular weight excluding hydrogens is 520 g/mol. The molecule has 1 unspecified atom stereocenters. The molecule has 204 valence electrons. The van der Waals surface area contributed by atoms with Crippen molar-refractivity contribution in [3.05, 3.63) is 120 Å². The molecule has 0 bridgehead atoms. The molecule has 0 saturated heterocycles. The summed E-state index contributed by atoms with van der Waals surface area (Å²) >= 11 is 0. The van der Waals surface area contributed by atoms with E-state index < -0.39 is 23.5 Å². The van der Waals surface area contributed by atoms with Crippen molar-refractivity contribution < 1.29 is 20.0 Å². The average Bonchev–Trinajstić information content (AvgIpc) is 3.38. The summed E-state index contributed by atoms with van der Waals surface area (Å²) in [4.78, 5) is 26.4. The van der Waals surface area contributed by atoms with Crippen molar-refractivity contribution in [1.82, 2.24) is 9.78 Å². The van der Waals surface area contributed by atoms with E-state index in [0.717, 1.165) is 5.56 Å². The number of benzene rings is 4. The third-order valence-electron chi connectivity index (χ3n) is 6.23. The van der Waals surface area contributed by atoms with Crippen LogP contribution < -0.4 is 10.5 Å². The van der Waals surface area contributed by atoms with Crippen LogP contribution in [0, 0.1) is 12.1 Å². The lowest BCUT2D eigenvalue weighted by molar-refractivity contribution is -0.990. The Hall–Kier alpha value is -5.29. The number of carbonyl (C=O) groups is 2. The van der Waals surface area contributed by atoms with Crippen LogP contribution >= 0.6 is 0 Å². The second-order valence-electron chi connectivity index (χ2n) is 9.20. The Morgan fingerprint density at radius 1 is 0.854 bits per heavy atom. The normalized spacial score (nSPS) is 11.9. The van der Waals surface area contributed by atoms with Gasteiger partial charge in [0, 0.05) is 22.9 Å². The number of azo groups is 1. The monoisotopic (exact) mass is 546 g/mol. The molecule has 3 N–H and O–H groups in total. The number of nitrogens with one attached hydrogen (secondary N) is 2. The van der Waals surface area contributed by atoms with Crippen LogP contribution in [0.15, 0.2) is 119 Å². The maximum absolute atomic E-state index is 13.6. The quantitative estimate of drug-likeness (QED) is 0.124. The molecule has 0 spiro atoms. The molecule has 1 amide bonds. The highest BCUT2D eigenvalue weighted by molar-refractivity contribution is 6.06. The first-order valence-corrected chi connectivity index (χ1v) is 12.8. The van der Waals surface area contributed by atoms with Crippen LogP contribution in [0.2, 0.25) is 0 Å². The highest BCUT2D eigenvalue weighted by Crippen LogP contribution is 2.40. The van der Waals surface area contributed by atoms with Gasteiger partial charge in [0.05, 0.1) is 0 Å². The number of para-hydroxylation sites is 1. The third-order valence-corrected chi connectivity index (χ3v) is 6.23. The van der Waals surface area contributed by atoms with Gasteiger partial charge in [-0.3, -0.25) is 9.59 Å². The number of nitrogens with zero attached hydrogens (tertiary/aromatic N) is 4.